The minimum absolute atomic E-state index is 0.00395. The molecular weight excluding hydrogens is 713 g/mol. The van der Waals surface area contributed by atoms with Gasteiger partial charge in [-0.25, -0.2) is 18.0 Å². The van der Waals surface area contributed by atoms with Crippen molar-refractivity contribution < 1.29 is 41.9 Å². The lowest BCUT2D eigenvalue weighted by Crippen LogP contribution is -2.57. The maximum absolute atomic E-state index is 14.5. The third-order valence-corrected chi connectivity index (χ3v) is 14.7. The SMILES string of the molecule is CC1(C)CCCCc2cccc3c2CN(C3)C(=O)OC2CC3C(=O)NC4(C(=O)CS(=O)(=O)C5CC5)CC4CCCCCCCC(NC(=O)OC1)C(=O)N3C2. The van der Waals surface area contributed by atoms with Gasteiger partial charge in [0.05, 0.1) is 18.4 Å². The van der Waals surface area contributed by atoms with Crippen molar-refractivity contribution in [3.8, 4) is 0 Å². The average Bonchev–Trinajstić information content (AvgIpc) is 4.01. The Bertz CT molecular complexity index is 1760. The van der Waals surface area contributed by atoms with Gasteiger partial charge < -0.3 is 25.0 Å². The number of ketones is 1. The first-order valence-corrected chi connectivity index (χ1v) is 21.8. The van der Waals surface area contributed by atoms with E-state index in [1.807, 2.05) is 12.1 Å². The molecule has 1 aromatic rings. The van der Waals surface area contributed by atoms with E-state index in [4.69, 9.17) is 9.47 Å². The van der Waals surface area contributed by atoms with Crippen LogP contribution in [0.15, 0.2) is 18.2 Å². The van der Waals surface area contributed by atoms with Crippen LogP contribution in [0.25, 0.3) is 0 Å². The number of cyclic esters (lactones) is 1. The zero-order chi connectivity index (χ0) is 38.3. The minimum Gasteiger partial charge on any atom is -0.449 e. The number of nitrogens with one attached hydrogen (secondary N) is 2. The molecule has 5 atom stereocenters. The molecular formula is C40H56N4O9S. The molecule has 1 aromatic carbocycles. The molecule has 0 spiro atoms. The van der Waals surface area contributed by atoms with Crippen molar-refractivity contribution in [3.05, 3.63) is 34.9 Å². The maximum atomic E-state index is 14.5. The van der Waals surface area contributed by atoms with Crippen LogP contribution in [-0.4, -0.2) is 95.9 Å². The number of sulfone groups is 1. The molecule has 7 rings (SSSR count). The van der Waals surface area contributed by atoms with Crippen LogP contribution >= 0.6 is 0 Å². The number of Topliss-reactive ketones (excluding diaryl/α,β-unsaturated/α-hetero) is 1. The van der Waals surface area contributed by atoms with Crippen molar-refractivity contribution in [2.45, 2.75) is 152 Å². The number of alkyl carbamates (subject to hydrolysis) is 1. The molecule has 2 aliphatic carbocycles. The Morgan fingerprint density at radius 3 is 2.44 bits per heavy atom. The highest BCUT2D eigenvalue weighted by atomic mass is 32.2. The van der Waals surface area contributed by atoms with Gasteiger partial charge in [-0.2, -0.15) is 0 Å². The quantitative estimate of drug-likeness (QED) is 0.441. The Balaban J connectivity index is 1.17. The van der Waals surface area contributed by atoms with Crippen LogP contribution in [0.1, 0.15) is 120 Å². The molecule has 0 aromatic heterocycles. The van der Waals surface area contributed by atoms with Crippen molar-refractivity contribution in [2.24, 2.45) is 11.3 Å². The fourth-order valence-electron chi connectivity index (χ4n) is 9.01. The Morgan fingerprint density at radius 2 is 1.67 bits per heavy atom. The van der Waals surface area contributed by atoms with Crippen molar-refractivity contribution in [1.29, 1.82) is 0 Å². The third-order valence-electron chi connectivity index (χ3n) is 12.5. The number of amides is 4. The number of carbonyl (C=O) groups excluding carboxylic acids is 5. The number of nitrogens with zero attached hydrogens (tertiary/aromatic N) is 2. The van der Waals surface area contributed by atoms with Gasteiger partial charge in [0, 0.05) is 19.5 Å². The van der Waals surface area contributed by atoms with Crippen molar-refractivity contribution in [2.75, 3.05) is 18.9 Å². The molecule has 4 aliphatic heterocycles. The van der Waals surface area contributed by atoms with Crippen LogP contribution in [0, 0.1) is 11.3 Å². The smallest absolute Gasteiger partial charge is 0.410 e. The Hall–Kier alpha value is -3.68. The fraction of sp³-hybridized carbons (Fsp3) is 0.725. The molecule has 4 amide bonds. The van der Waals surface area contributed by atoms with Gasteiger partial charge in [-0.05, 0) is 79.4 Å². The Kier molecular flexibility index (Phi) is 11.0. The first-order chi connectivity index (χ1) is 25.7. The Labute approximate surface area is 318 Å². The highest BCUT2D eigenvalue weighted by molar-refractivity contribution is 7.93. The van der Waals surface area contributed by atoms with Crippen LogP contribution in [0.4, 0.5) is 9.59 Å². The molecule has 296 valence electrons. The van der Waals surface area contributed by atoms with Crippen LogP contribution in [0.2, 0.25) is 0 Å². The normalized spacial score (nSPS) is 31.2. The number of aryl methyl sites for hydroxylation is 1. The van der Waals surface area contributed by atoms with Gasteiger partial charge in [-0.15, -0.1) is 0 Å². The average molecular weight is 769 g/mol. The summed E-state index contributed by atoms with van der Waals surface area (Å²) < 4.78 is 37.6. The van der Waals surface area contributed by atoms with Crippen molar-refractivity contribution >= 4 is 39.6 Å². The molecule has 5 unspecified atom stereocenters. The monoisotopic (exact) mass is 768 g/mol. The number of ether oxygens (including phenoxy) is 2. The predicted molar refractivity (Wildman–Crippen MR) is 199 cm³/mol. The molecule has 6 aliphatic rings. The van der Waals surface area contributed by atoms with Crippen LogP contribution in [0.5, 0.6) is 0 Å². The summed E-state index contributed by atoms with van der Waals surface area (Å²) >= 11 is 0. The lowest BCUT2D eigenvalue weighted by atomic mass is 9.87. The van der Waals surface area contributed by atoms with Gasteiger partial charge in [0.15, 0.2) is 15.6 Å². The van der Waals surface area contributed by atoms with Gasteiger partial charge >= 0.3 is 12.2 Å². The Morgan fingerprint density at radius 1 is 0.926 bits per heavy atom. The molecule has 14 heteroatoms. The van der Waals surface area contributed by atoms with Gasteiger partial charge in [0.2, 0.25) is 11.8 Å². The molecule has 2 saturated carbocycles. The summed E-state index contributed by atoms with van der Waals surface area (Å²) in [6, 6.07) is 4.05. The first kappa shape index (κ1) is 38.6. The summed E-state index contributed by atoms with van der Waals surface area (Å²) in [7, 11) is -3.62. The zero-order valence-corrected chi connectivity index (χ0v) is 32.6. The molecule has 0 radical (unpaired) electrons. The van der Waals surface area contributed by atoms with Crippen molar-refractivity contribution in [1.82, 2.24) is 20.4 Å². The molecule has 13 nitrogen and oxygen atoms in total. The lowest BCUT2D eigenvalue weighted by molar-refractivity contribution is -0.141. The molecule has 2 N–H and O–H groups in total. The predicted octanol–water partition coefficient (Wildman–Crippen LogP) is 4.72. The summed E-state index contributed by atoms with van der Waals surface area (Å²) in [5.41, 5.74) is 1.78. The molecule has 4 fully saturated rings. The fourth-order valence-corrected chi connectivity index (χ4v) is 10.7. The summed E-state index contributed by atoms with van der Waals surface area (Å²) in [5.74, 6) is -2.39. The number of hydrogen-bond acceptors (Lipinski definition) is 9. The second-order valence-corrected chi connectivity index (χ2v) is 19.7. The lowest BCUT2D eigenvalue weighted by Gasteiger charge is -2.30. The number of fused-ring (bicyclic) bond motifs is 4. The van der Waals surface area contributed by atoms with E-state index in [1.165, 1.54) is 10.5 Å². The van der Waals surface area contributed by atoms with Gasteiger partial charge in [0.25, 0.3) is 0 Å². The van der Waals surface area contributed by atoms with E-state index < -0.39 is 74.4 Å². The number of carbonyl (C=O) groups is 5. The standard InChI is InChI=1S/C40H56N4O9S/c1-39(2)18-9-8-11-26-12-10-13-27-21-43(23-31(26)27)38(49)53-29-19-33-35(46)42-40(34(45)24-54(50,51)30-16-17-30)20-28(40)14-6-4-3-5-7-15-32(36(47)44(33)22-29)41-37(48)52-25-39/h10,12-13,28-30,32-33H,3-9,11,14-25H2,1-2H3,(H,41,48)(H,42,46). The van der Waals surface area contributed by atoms with Gasteiger partial charge in [-0.3, -0.25) is 19.3 Å². The number of benzene rings is 1. The van der Waals surface area contributed by atoms with Gasteiger partial charge in [0.1, 0.15) is 29.5 Å². The van der Waals surface area contributed by atoms with E-state index >= 15 is 0 Å². The summed E-state index contributed by atoms with van der Waals surface area (Å²) in [6.07, 6.45) is 8.03. The second-order valence-electron chi connectivity index (χ2n) is 17.4. The van der Waals surface area contributed by atoms with E-state index in [0.29, 0.717) is 51.6 Å². The third kappa shape index (κ3) is 8.58. The summed E-state index contributed by atoms with van der Waals surface area (Å²) in [6.45, 7) is 5.03. The first-order valence-electron chi connectivity index (χ1n) is 20.1. The highest BCUT2D eigenvalue weighted by Crippen LogP contribution is 2.49. The minimum atomic E-state index is -3.62. The van der Waals surface area contributed by atoms with E-state index in [2.05, 4.69) is 30.5 Å². The molecule has 4 heterocycles. The topological polar surface area (TPSA) is 168 Å². The molecule has 5 bridgehead atoms. The van der Waals surface area contributed by atoms with Crippen LogP contribution < -0.4 is 10.6 Å². The maximum Gasteiger partial charge on any atom is 0.410 e. The number of hydrogen-bond donors (Lipinski definition) is 2. The van der Waals surface area contributed by atoms with Crippen LogP contribution in [0.3, 0.4) is 0 Å². The van der Waals surface area contributed by atoms with Crippen LogP contribution in [-0.2, 0) is 53.2 Å². The highest BCUT2D eigenvalue weighted by Gasteiger charge is 2.62. The van der Waals surface area contributed by atoms with E-state index in [0.717, 1.165) is 62.5 Å². The summed E-state index contributed by atoms with van der Waals surface area (Å²) in [4.78, 5) is 72.7. The molecule has 54 heavy (non-hydrogen) atoms. The largest absolute Gasteiger partial charge is 0.449 e. The molecule has 2 saturated heterocycles. The van der Waals surface area contributed by atoms with E-state index in [9.17, 15) is 32.4 Å². The summed E-state index contributed by atoms with van der Waals surface area (Å²) in [5, 5.41) is 5.26. The zero-order valence-electron chi connectivity index (χ0n) is 31.7. The number of rotatable bonds is 4. The van der Waals surface area contributed by atoms with E-state index in [-0.39, 0.29) is 30.9 Å². The van der Waals surface area contributed by atoms with E-state index in [1.54, 1.807) is 4.90 Å². The van der Waals surface area contributed by atoms with Gasteiger partial charge in [-0.1, -0.05) is 70.6 Å². The second kappa shape index (κ2) is 15.5. The van der Waals surface area contributed by atoms with Crippen molar-refractivity contribution in [3.63, 3.8) is 0 Å².